The van der Waals surface area contributed by atoms with Crippen molar-refractivity contribution in [2.45, 2.75) is 45.3 Å². The highest BCUT2D eigenvalue weighted by Gasteiger charge is 2.25. The van der Waals surface area contributed by atoms with Crippen molar-refractivity contribution in [2.75, 3.05) is 18.6 Å². The van der Waals surface area contributed by atoms with Gasteiger partial charge in [0.1, 0.15) is 12.1 Å². The van der Waals surface area contributed by atoms with Crippen LogP contribution in [0, 0.1) is 5.92 Å². The second-order valence-corrected chi connectivity index (χ2v) is 6.96. The van der Waals surface area contributed by atoms with E-state index in [1.54, 1.807) is 13.8 Å². The molecule has 144 valence electrons. The van der Waals surface area contributed by atoms with Gasteiger partial charge in [-0.15, -0.1) is 0 Å². The van der Waals surface area contributed by atoms with E-state index in [1.807, 2.05) is 6.26 Å². The van der Waals surface area contributed by atoms with E-state index in [0.29, 0.717) is 12.2 Å². The molecular formula is C15H28N4O5S. The molecule has 0 spiro atoms. The number of carboxylic acid groups (broad SMARTS) is 1. The van der Waals surface area contributed by atoms with Gasteiger partial charge in [0, 0.05) is 0 Å². The summed E-state index contributed by atoms with van der Waals surface area (Å²) >= 11 is 1.51. The summed E-state index contributed by atoms with van der Waals surface area (Å²) in [7, 11) is 0. The molecule has 6 N–H and O–H groups in total. The summed E-state index contributed by atoms with van der Waals surface area (Å²) in [6.45, 7) is 4.46. The molecule has 25 heavy (non-hydrogen) atoms. The minimum Gasteiger partial charge on any atom is -0.480 e. The molecule has 0 aromatic carbocycles. The minimum atomic E-state index is -1.14. The Hall–Kier alpha value is -1.81. The Labute approximate surface area is 151 Å². The fourth-order valence-electron chi connectivity index (χ4n) is 1.84. The number of carbonyl (C=O) groups is 4. The fraction of sp³-hybridized carbons (Fsp3) is 0.733. The number of hydrogen-bond acceptors (Lipinski definition) is 6. The SMILES string of the molecule is CSCCC(NC(=O)C(C)N)C(=O)NCC(=O)NC(C(=O)O)C(C)C. The van der Waals surface area contributed by atoms with Gasteiger partial charge in [-0.2, -0.15) is 11.8 Å². The summed E-state index contributed by atoms with van der Waals surface area (Å²) in [6, 6.07) is -2.59. The minimum absolute atomic E-state index is 0.295. The molecule has 9 nitrogen and oxygen atoms in total. The lowest BCUT2D eigenvalue weighted by Crippen LogP contribution is -2.53. The van der Waals surface area contributed by atoms with Crippen LogP contribution in [0.15, 0.2) is 0 Å². The highest BCUT2D eigenvalue weighted by Crippen LogP contribution is 2.02. The van der Waals surface area contributed by atoms with E-state index in [2.05, 4.69) is 16.0 Å². The summed E-state index contributed by atoms with van der Waals surface area (Å²) in [4.78, 5) is 46.8. The van der Waals surface area contributed by atoms with Gasteiger partial charge in [-0.1, -0.05) is 13.8 Å². The Kier molecular flexibility index (Phi) is 10.8. The average molecular weight is 376 g/mol. The number of carboxylic acids is 1. The zero-order valence-corrected chi connectivity index (χ0v) is 15.8. The Balaban J connectivity index is 4.65. The van der Waals surface area contributed by atoms with E-state index >= 15 is 0 Å². The zero-order valence-electron chi connectivity index (χ0n) is 15.0. The topological polar surface area (TPSA) is 151 Å². The molecule has 0 saturated heterocycles. The standard InChI is InChI=1S/C15H28N4O5S/c1-8(2)12(15(23)24)19-11(20)7-17-14(22)10(5-6-25-4)18-13(21)9(3)16/h8-10,12H,5-7,16H2,1-4H3,(H,17,22)(H,18,21)(H,19,20)(H,23,24). The Bertz CT molecular complexity index is 485. The summed E-state index contributed by atoms with van der Waals surface area (Å²) in [6.07, 6.45) is 2.25. The van der Waals surface area contributed by atoms with Crippen LogP contribution in [-0.4, -0.2) is 65.5 Å². The van der Waals surface area contributed by atoms with Crippen LogP contribution in [0.3, 0.4) is 0 Å². The number of carbonyl (C=O) groups excluding carboxylic acids is 3. The van der Waals surface area contributed by atoms with Crippen molar-refractivity contribution in [3.63, 3.8) is 0 Å². The molecule has 0 aliphatic heterocycles. The van der Waals surface area contributed by atoms with Crippen molar-refractivity contribution < 1.29 is 24.3 Å². The third kappa shape index (κ3) is 9.30. The maximum atomic E-state index is 12.2. The van der Waals surface area contributed by atoms with Crippen LogP contribution in [0.1, 0.15) is 27.2 Å². The molecule has 0 radical (unpaired) electrons. The van der Waals surface area contributed by atoms with E-state index in [9.17, 15) is 19.2 Å². The maximum absolute atomic E-state index is 12.2. The predicted octanol–water partition coefficient (Wildman–Crippen LogP) is -1.09. The monoisotopic (exact) mass is 376 g/mol. The smallest absolute Gasteiger partial charge is 0.326 e. The van der Waals surface area contributed by atoms with Crippen molar-refractivity contribution in [2.24, 2.45) is 11.7 Å². The average Bonchev–Trinajstić information content (AvgIpc) is 2.53. The van der Waals surface area contributed by atoms with E-state index in [-0.39, 0.29) is 12.5 Å². The molecule has 0 bridgehead atoms. The summed E-state index contributed by atoms with van der Waals surface area (Å²) in [5.41, 5.74) is 5.48. The van der Waals surface area contributed by atoms with Crippen molar-refractivity contribution in [1.82, 2.24) is 16.0 Å². The van der Waals surface area contributed by atoms with Crippen molar-refractivity contribution in [1.29, 1.82) is 0 Å². The first-order valence-electron chi connectivity index (χ1n) is 7.94. The number of thioether (sulfide) groups is 1. The van der Waals surface area contributed by atoms with Gasteiger partial charge >= 0.3 is 5.97 Å². The maximum Gasteiger partial charge on any atom is 0.326 e. The predicted molar refractivity (Wildman–Crippen MR) is 96.0 cm³/mol. The highest BCUT2D eigenvalue weighted by molar-refractivity contribution is 7.98. The Morgan fingerprint density at radius 2 is 1.68 bits per heavy atom. The summed E-state index contributed by atoms with van der Waals surface area (Å²) < 4.78 is 0. The summed E-state index contributed by atoms with van der Waals surface area (Å²) in [5, 5.41) is 16.3. The first-order chi connectivity index (χ1) is 11.6. The molecule has 3 atom stereocenters. The van der Waals surface area contributed by atoms with Gasteiger partial charge < -0.3 is 26.8 Å². The normalized spacial score (nSPS) is 14.3. The van der Waals surface area contributed by atoms with Gasteiger partial charge in [-0.25, -0.2) is 4.79 Å². The van der Waals surface area contributed by atoms with Gasteiger partial charge in [-0.3, -0.25) is 14.4 Å². The molecule has 0 fully saturated rings. The highest BCUT2D eigenvalue weighted by atomic mass is 32.2. The van der Waals surface area contributed by atoms with Crippen LogP contribution < -0.4 is 21.7 Å². The van der Waals surface area contributed by atoms with Crippen LogP contribution in [0.4, 0.5) is 0 Å². The Morgan fingerprint density at radius 3 is 2.12 bits per heavy atom. The van der Waals surface area contributed by atoms with Gasteiger partial charge in [0.05, 0.1) is 12.6 Å². The number of aliphatic carboxylic acids is 1. The molecule has 0 aromatic heterocycles. The van der Waals surface area contributed by atoms with Crippen LogP contribution in [0.25, 0.3) is 0 Å². The number of rotatable bonds is 11. The molecule has 10 heteroatoms. The second-order valence-electron chi connectivity index (χ2n) is 5.98. The third-order valence-electron chi connectivity index (χ3n) is 3.33. The van der Waals surface area contributed by atoms with Gasteiger partial charge in [0.25, 0.3) is 0 Å². The van der Waals surface area contributed by atoms with E-state index in [1.165, 1.54) is 18.7 Å². The molecule has 0 aromatic rings. The lowest BCUT2D eigenvalue weighted by molar-refractivity contribution is -0.143. The molecule has 0 aliphatic rings. The third-order valence-corrected chi connectivity index (χ3v) is 3.97. The molecule has 0 aliphatic carbocycles. The lowest BCUT2D eigenvalue weighted by atomic mass is 10.1. The molecule has 0 rings (SSSR count). The fourth-order valence-corrected chi connectivity index (χ4v) is 2.31. The largest absolute Gasteiger partial charge is 0.480 e. The molecule has 0 heterocycles. The second kappa shape index (κ2) is 11.7. The first kappa shape index (κ1) is 23.2. The van der Waals surface area contributed by atoms with E-state index in [0.717, 1.165) is 0 Å². The zero-order chi connectivity index (χ0) is 19.6. The van der Waals surface area contributed by atoms with Crippen molar-refractivity contribution in [3.8, 4) is 0 Å². The molecule has 0 saturated carbocycles. The van der Waals surface area contributed by atoms with Crippen LogP contribution >= 0.6 is 11.8 Å². The summed E-state index contributed by atoms with van der Waals surface area (Å²) in [5.74, 6) is -2.39. The van der Waals surface area contributed by atoms with Crippen LogP contribution in [-0.2, 0) is 19.2 Å². The molecule has 3 amide bonds. The van der Waals surface area contributed by atoms with Gasteiger partial charge in [0.2, 0.25) is 17.7 Å². The first-order valence-corrected chi connectivity index (χ1v) is 9.34. The van der Waals surface area contributed by atoms with E-state index in [4.69, 9.17) is 10.8 Å². The lowest BCUT2D eigenvalue weighted by Gasteiger charge is -2.20. The number of nitrogens with two attached hydrogens (primary N) is 1. The van der Waals surface area contributed by atoms with Crippen LogP contribution in [0.5, 0.6) is 0 Å². The van der Waals surface area contributed by atoms with Crippen molar-refractivity contribution in [3.05, 3.63) is 0 Å². The van der Waals surface area contributed by atoms with Gasteiger partial charge in [0.15, 0.2) is 0 Å². The van der Waals surface area contributed by atoms with Crippen molar-refractivity contribution >= 4 is 35.5 Å². The molecular weight excluding hydrogens is 348 g/mol. The number of amides is 3. The van der Waals surface area contributed by atoms with E-state index < -0.39 is 41.8 Å². The molecule has 3 unspecified atom stereocenters. The number of nitrogens with one attached hydrogen (secondary N) is 3. The van der Waals surface area contributed by atoms with Crippen LogP contribution in [0.2, 0.25) is 0 Å². The van der Waals surface area contributed by atoms with Gasteiger partial charge in [-0.05, 0) is 31.3 Å². The Morgan fingerprint density at radius 1 is 1.08 bits per heavy atom. The number of hydrogen-bond donors (Lipinski definition) is 5. The quantitative estimate of drug-likeness (QED) is 0.307.